The fourth-order valence-electron chi connectivity index (χ4n) is 1.77. The Kier molecular flexibility index (Phi) is 5.42. The number of carbonyl (C=O) groups is 3. The van der Waals surface area contributed by atoms with E-state index < -0.39 is 23.9 Å². The van der Waals surface area contributed by atoms with Crippen molar-refractivity contribution >= 4 is 51.4 Å². The predicted octanol–water partition coefficient (Wildman–Crippen LogP) is 2.27. The maximum Gasteiger partial charge on any atom is 0.338 e. The molecule has 0 spiro atoms. The van der Waals surface area contributed by atoms with Gasteiger partial charge >= 0.3 is 5.97 Å². The van der Waals surface area contributed by atoms with Gasteiger partial charge in [-0.05, 0) is 36.6 Å². The number of hydrogen-bond donors (Lipinski definition) is 3. The molecule has 1 heterocycles. The molecule has 0 fully saturated rings. The van der Waals surface area contributed by atoms with Crippen LogP contribution in [0.15, 0.2) is 29.6 Å². The maximum atomic E-state index is 12.1. The van der Waals surface area contributed by atoms with E-state index in [1.807, 2.05) is 0 Å². The number of rotatable bonds is 5. The van der Waals surface area contributed by atoms with Gasteiger partial charge in [-0.3, -0.25) is 9.59 Å². The standard InChI is InChI=1S/C15H14ClN3O4S/c1-7(13(21)19-14-9(12(18)20)4-5-24-14)23-15(22)8-2-3-10(16)11(17)6-8/h2-7H,17H2,1H3,(H2,18,20)(H,19,21). The molecule has 0 radical (unpaired) electrons. The molecule has 1 aromatic heterocycles. The zero-order chi connectivity index (χ0) is 17.9. The largest absolute Gasteiger partial charge is 0.449 e. The second-order valence-corrected chi connectivity index (χ2v) is 6.12. The molecule has 0 saturated carbocycles. The zero-order valence-electron chi connectivity index (χ0n) is 12.5. The number of nitrogen functional groups attached to an aromatic ring is 1. The Morgan fingerprint density at radius 3 is 2.62 bits per heavy atom. The van der Waals surface area contributed by atoms with Crippen molar-refractivity contribution in [3.8, 4) is 0 Å². The smallest absolute Gasteiger partial charge is 0.338 e. The SMILES string of the molecule is CC(OC(=O)c1ccc(Cl)c(N)c1)C(=O)Nc1sccc1C(N)=O. The molecule has 2 rings (SSSR count). The molecule has 0 bridgehead atoms. The van der Waals surface area contributed by atoms with Crippen molar-refractivity contribution in [1.29, 1.82) is 0 Å². The molecule has 0 aliphatic carbocycles. The number of nitrogens with two attached hydrogens (primary N) is 2. The van der Waals surface area contributed by atoms with Crippen LogP contribution < -0.4 is 16.8 Å². The summed E-state index contributed by atoms with van der Waals surface area (Å²) in [7, 11) is 0. The minimum atomic E-state index is -1.09. The summed E-state index contributed by atoms with van der Waals surface area (Å²) in [6.07, 6.45) is -1.09. The van der Waals surface area contributed by atoms with Crippen molar-refractivity contribution in [2.45, 2.75) is 13.0 Å². The first-order valence-electron chi connectivity index (χ1n) is 6.73. The lowest BCUT2D eigenvalue weighted by molar-refractivity contribution is -0.123. The van der Waals surface area contributed by atoms with Gasteiger partial charge in [0.15, 0.2) is 6.10 Å². The normalized spacial score (nSPS) is 11.6. The third kappa shape index (κ3) is 4.03. The van der Waals surface area contributed by atoms with E-state index in [9.17, 15) is 14.4 Å². The average Bonchev–Trinajstić information content (AvgIpc) is 2.98. The number of esters is 1. The van der Waals surface area contributed by atoms with Gasteiger partial charge in [0.25, 0.3) is 11.8 Å². The van der Waals surface area contributed by atoms with Gasteiger partial charge in [-0.1, -0.05) is 11.6 Å². The molecule has 1 aromatic carbocycles. The number of thiophene rings is 1. The van der Waals surface area contributed by atoms with E-state index in [0.717, 1.165) is 11.3 Å². The Morgan fingerprint density at radius 2 is 2.00 bits per heavy atom. The highest BCUT2D eigenvalue weighted by molar-refractivity contribution is 7.14. The molecular weight excluding hydrogens is 354 g/mol. The molecule has 0 aliphatic heterocycles. The van der Waals surface area contributed by atoms with E-state index >= 15 is 0 Å². The van der Waals surface area contributed by atoms with Gasteiger partial charge in [-0.2, -0.15) is 0 Å². The molecule has 1 atom stereocenters. The van der Waals surface area contributed by atoms with Crippen molar-refractivity contribution < 1.29 is 19.1 Å². The van der Waals surface area contributed by atoms with Crippen LogP contribution in [0.3, 0.4) is 0 Å². The van der Waals surface area contributed by atoms with Crippen molar-refractivity contribution in [3.63, 3.8) is 0 Å². The monoisotopic (exact) mass is 367 g/mol. The van der Waals surface area contributed by atoms with E-state index in [1.54, 1.807) is 5.38 Å². The minimum absolute atomic E-state index is 0.172. The molecular formula is C15H14ClN3O4S. The van der Waals surface area contributed by atoms with Gasteiger partial charge in [0.1, 0.15) is 5.00 Å². The molecule has 126 valence electrons. The summed E-state index contributed by atoms with van der Waals surface area (Å²) in [5, 5.41) is 4.73. The molecule has 9 heteroatoms. The molecule has 2 amide bonds. The molecule has 1 unspecified atom stereocenters. The lowest BCUT2D eigenvalue weighted by Crippen LogP contribution is -2.30. The van der Waals surface area contributed by atoms with E-state index in [-0.39, 0.29) is 16.8 Å². The lowest BCUT2D eigenvalue weighted by atomic mass is 10.2. The number of hydrogen-bond acceptors (Lipinski definition) is 6. The number of carbonyl (C=O) groups excluding carboxylic acids is 3. The van der Waals surface area contributed by atoms with E-state index in [2.05, 4.69) is 5.32 Å². The molecule has 2 aromatic rings. The van der Waals surface area contributed by atoms with Crippen molar-refractivity contribution in [2.24, 2.45) is 5.73 Å². The number of primary amides is 1. The van der Waals surface area contributed by atoms with E-state index in [0.29, 0.717) is 10.0 Å². The topological polar surface area (TPSA) is 125 Å². The summed E-state index contributed by atoms with van der Waals surface area (Å²) < 4.78 is 5.08. The van der Waals surface area contributed by atoms with Crippen LogP contribution in [-0.4, -0.2) is 23.9 Å². The third-order valence-electron chi connectivity index (χ3n) is 3.05. The molecule has 24 heavy (non-hydrogen) atoms. The lowest BCUT2D eigenvalue weighted by Gasteiger charge is -2.13. The highest BCUT2D eigenvalue weighted by Crippen LogP contribution is 2.23. The fourth-order valence-corrected chi connectivity index (χ4v) is 2.68. The summed E-state index contributed by atoms with van der Waals surface area (Å²) in [6.45, 7) is 1.41. The Morgan fingerprint density at radius 1 is 1.29 bits per heavy atom. The Hall–Kier alpha value is -2.58. The van der Waals surface area contributed by atoms with E-state index in [1.165, 1.54) is 31.2 Å². The number of amides is 2. The first-order chi connectivity index (χ1) is 11.3. The number of anilines is 2. The molecule has 5 N–H and O–H groups in total. The van der Waals surface area contributed by atoms with Gasteiger partial charge in [0.2, 0.25) is 0 Å². The molecule has 0 saturated heterocycles. The number of benzene rings is 1. The van der Waals surface area contributed by atoms with Crippen LogP contribution in [0.5, 0.6) is 0 Å². The highest BCUT2D eigenvalue weighted by atomic mass is 35.5. The summed E-state index contributed by atoms with van der Waals surface area (Å²) in [4.78, 5) is 35.3. The van der Waals surface area contributed by atoms with Crippen LogP contribution in [0.1, 0.15) is 27.6 Å². The zero-order valence-corrected chi connectivity index (χ0v) is 14.1. The van der Waals surface area contributed by atoms with Crippen LogP contribution in [-0.2, 0) is 9.53 Å². The fraction of sp³-hybridized carbons (Fsp3) is 0.133. The number of halogens is 1. The van der Waals surface area contributed by atoms with Gasteiger partial charge in [-0.15, -0.1) is 11.3 Å². The first kappa shape index (κ1) is 17.8. The maximum absolute atomic E-state index is 12.1. The summed E-state index contributed by atoms with van der Waals surface area (Å²) in [5.74, 6) is -1.97. The number of ether oxygens (including phenoxy) is 1. The predicted molar refractivity (Wildman–Crippen MR) is 92.2 cm³/mol. The first-order valence-corrected chi connectivity index (χ1v) is 7.99. The summed E-state index contributed by atoms with van der Waals surface area (Å²) >= 11 is 6.92. The molecule has 7 nitrogen and oxygen atoms in total. The summed E-state index contributed by atoms with van der Waals surface area (Å²) in [5.41, 5.74) is 11.4. The van der Waals surface area contributed by atoms with Gasteiger partial charge in [0, 0.05) is 0 Å². The Bertz CT molecular complexity index is 806. The van der Waals surface area contributed by atoms with Crippen molar-refractivity contribution in [1.82, 2.24) is 0 Å². The van der Waals surface area contributed by atoms with Crippen LogP contribution in [0.4, 0.5) is 10.7 Å². The van der Waals surface area contributed by atoms with Crippen molar-refractivity contribution in [3.05, 3.63) is 45.8 Å². The van der Waals surface area contributed by atoms with Gasteiger partial charge in [-0.25, -0.2) is 4.79 Å². The summed E-state index contributed by atoms with van der Waals surface area (Å²) in [6, 6.07) is 5.76. The minimum Gasteiger partial charge on any atom is -0.449 e. The van der Waals surface area contributed by atoms with E-state index in [4.69, 9.17) is 27.8 Å². The second-order valence-electron chi connectivity index (χ2n) is 4.80. The van der Waals surface area contributed by atoms with Crippen LogP contribution in [0.2, 0.25) is 5.02 Å². The second kappa shape index (κ2) is 7.33. The van der Waals surface area contributed by atoms with Gasteiger partial charge in [0.05, 0.1) is 21.8 Å². The average molecular weight is 368 g/mol. The molecule has 0 aliphatic rings. The Labute approximate surface area is 146 Å². The number of nitrogens with one attached hydrogen (secondary N) is 1. The quantitative estimate of drug-likeness (QED) is 0.552. The highest BCUT2D eigenvalue weighted by Gasteiger charge is 2.21. The van der Waals surface area contributed by atoms with Crippen molar-refractivity contribution in [2.75, 3.05) is 11.1 Å². The van der Waals surface area contributed by atoms with Crippen LogP contribution >= 0.6 is 22.9 Å². The van der Waals surface area contributed by atoms with Gasteiger partial charge < -0.3 is 21.5 Å². The van der Waals surface area contributed by atoms with Crippen LogP contribution in [0, 0.1) is 0 Å². The third-order valence-corrected chi connectivity index (χ3v) is 4.23. The van der Waals surface area contributed by atoms with Crippen LogP contribution in [0.25, 0.3) is 0 Å². The Balaban J connectivity index is 2.03.